The van der Waals surface area contributed by atoms with Crippen LogP contribution in [0, 0.1) is 0 Å². The molecule has 1 heterocycles. The van der Waals surface area contributed by atoms with Crippen molar-refractivity contribution in [2.45, 2.75) is 11.7 Å². The number of methoxy groups -OCH3 is 1. The zero-order valence-electron chi connectivity index (χ0n) is 16.2. The van der Waals surface area contributed by atoms with Crippen LogP contribution in [0.25, 0.3) is 11.4 Å². The van der Waals surface area contributed by atoms with E-state index in [1.165, 1.54) is 11.8 Å². The lowest BCUT2D eigenvalue weighted by Gasteiger charge is -2.08. The van der Waals surface area contributed by atoms with Gasteiger partial charge in [-0.2, -0.15) is 0 Å². The fraction of sp³-hybridized carbons (Fsp3) is 0.143. The molecule has 0 saturated carbocycles. The Labute approximate surface area is 183 Å². The lowest BCUT2D eigenvalue weighted by Crippen LogP contribution is -2.31. The summed E-state index contributed by atoms with van der Waals surface area (Å²) in [5.41, 5.74) is 1.22. The van der Waals surface area contributed by atoms with Crippen molar-refractivity contribution in [2.75, 3.05) is 12.9 Å². The van der Waals surface area contributed by atoms with Crippen molar-refractivity contribution in [1.29, 1.82) is 0 Å². The van der Waals surface area contributed by atoms with Crippen LogP contribution < -0.4 is 10.1 Å². The zero-order chi connectivity index (χ0) is 21.5. The highest BCUT2D eigenvalue weighted by molar-refractivity contribution is 7.99. The molecule has 2 aromatic carbocycles. The van der Waals surface area contributed by atoms with Gasteiger partial charge < -0.3 is 4.74 Å². The minimum absolute atomic E-state index is 0.0117. The van der Waals surface area contributed by atoms with Gasteiger partial charge >= 0.3 is 0 Å². The van der Waals surface area contributed by atoms with E-state index in [1.54, 1.807) is 49.6 Å². The molecule has 154 valence electrons. The minimum atomic E-state index is -0.474. The van der Waals surface area contributed by atoms with Gasteiger partial charge in [-0.05, 0) is 48.5 Å². The summed E-state index contributed by atoms with van der Waals surface area (Å²) in [4.78, 5) is 24.4. The molecule has 3 rings (SSSR count). The standard InChI is InChI=1S/C21H19ClN4O3S/c1-3-12-26-19(14-4-8-16(22)9-5-14)24-25-21(26)30-13-18(27)23-20(28)15-6-10-17(29-2)11-7-15/h3-11H,1,12-13H2,2H3,(H,23,27,28). The first-order valence-corrected chi connectivity index (χ1v) is 10.3. The van der Waals surface area contributed by atoms with E-state index in [4.69, 9.17) is 16.3 Å². The number of benzene rings is 2. The van der Waals surface area contributed by atoms with Crippen LogP contribution in [0.15, 0.2) is 66.3 Å². The van der Waals surface area contributed by atoms with Crippen molar-refractivity contribution < 1.29 is 14.3 Å². The first-order valence-electron chi connectivity index (χ1n) is 8.93. The van der Waals surface area contributed by atoms with Gasteiger partial charge in [-0.15, -0.1) is 16.8 Å². The summed E-state index contributed by atoms with van der Waals surface area (Å²) in [6.45, 7) is 4.24. The number of aromatic nitrogens is 3. The van der Waals surface area contributed by atoms with E-state index in [0.29, 0.717) is 33.9 Å². The smallest absolute Gasteiger partial charge is 0.257 e. The van der Waals surface area contributed by atoms with Gasteiger partial charge in [0.25, 0.3) is 5.91 Å². The number of imide groups is 1. The van der Waals surface area contributed by atoms with E-state index in [1.807, 2.05) is 16.7 Å². The molecule has 30 heavy (non-hydrogen) atoms. The summed E-state index contributed by atoms with van der Waals surface area (Å²) in [6, 6.07) is 13.7. The van der Waals surface area contributed by atoms with E-state index in [0.717, 1.165) is 5.56 Å². The SMILES string of the molecule is C=CCn1c(SCC(=O)NC(=O)c2ccc(OC)cc2)nnc1-c1ccc(Cl)cc1. The van der Waals surface area contributed by atoms with Crippen molar-refractivity contribution in [3.63, 3.8) is 0 Å². The van der Waals surface area contributed by atoms with Crippen LogP contribution in [0.4, 0.5) is 0 Å². The first-order chi connectivity index (χ1) is 14.5. The van der Waals surface area contributed by atoms with Crippen molar-refractivity contribution in [3.8, 4) is 17.1 Å². The van der Waals surface area contributed by atoms with Crippen LogP contribution in [-0.2, 0) is 11.3 Å². The Bertz CT molecular complexity index is 1050. The van der Waals surface area contributed by atoms with Crippen LogP contribution in [0.1, 0.15) is 10.4 Å². The third-order valence-corrected chi connectivity index (χ3v) is 5.29. The second kappa shape index (κ2) is 10.1. The van der Waals surface area contributed by atoms with Gasteiger partial charge in [0.05, 0.1) is 12.9 Å². The monoisotopic (exact) mass is 442 g/mol. The molecule has 0 unspecified atom stereocenters. The lowest BCUT2D eigenvalue weighted by molar-refractivity contribution is -0.117. The summed E-state index contributed by atoms with van der Waals surface area (Å²) >= 11 is 7.14. The molecule has 0 aliphatic rings. The maximum Gasteiger partial charge on any atom is 0.257 e. The molecule has 0 spiro atoms. The Morgan fingerprint density at radius 2 is 1.87 bits per heavy atom. The number of hydrogen-bond donors (Lipinski definition) is 1. The van der Waals surface area contributed by atoms with Gasteiger partial charge in [-0.25, -0.2) is 0 Å². The molecule has 2 amide bonds. The molecule has 9 heteroatoms. The number of ether oxygens (including phenoxy) is 1. The molecule has 0 aliphatic heterocycles. The Morgan fingerprint density at radius 3 is 2.50 bits per heavy atom. The van der Waals surface area contributed by atoms with Crippen molar-refractivity contribution >= 4 is 35.2 Å². The van der Waals surface area contributed by atoms with Crippen LogP contribution in [-0.4, -0.2) is 39.4 Å². The Kier molecular flexibility index (Phi) is 7.26. The zero-order valence-corrected chi connectivity index (χ0v) is 17.7. The molecule has 0 saturated heterocycles. The highest BCUT2D eigenvalue weighted by atomic mass is 35.5. The van der Waals surface area contributed by atoms with Gasteiger partial charge in [0, 0.05) is 22.7 Å². The molecule has 0 bridgehead atoms. The predicted octanol–water partition coefficient (Wildman–Crippen LogP) is 3.84. The normalized spacial score (nSPS) is 10.5. The second-order valence-electron chi connectivity index (χ2n) is 6.11. The molecular weight excluding hydrogens is 424 g/mol. The molecule has 0 radical (unpaired) electrons. The fourth-order valence-electron chi connectivity index (χ4n) is 2.61. The number of nitrogens with zero attached hydrogens (tertiary/aromatic N) is 3. The van der Waals surface area contributed by atoms with Crippen LogP contribution >= 0.6 is 23.4 Å². The summed E-state index contributed by atoms with van der Waals surface area (Å²) in [7, 11) is 1.54. The third-order valence-electron chi connectivity index (χ3n) is 4.07. The lowest BCUT2D eigenvalue weighted by atomic mass is 10.2. The molecule has 0 fully saturated rings. The molecule has 3 aromatic rings. The number of amides is 2. The molecule has 1 N–H and O–H groups in total. The molecule has 1 aromatic heterocycles. The summed E-state index contributed by atoms with van der Waals surface area (Å²) in [5, 5.41) is 11.9. The van der Waals surface area contributed by atoms with E-state index in [2.05, 4.69) is 22.1 Å². The maximum absolute atomic E-state index is 12.2. The molecule has 0 atom stereocenters. The average molecular weight is 443 g/mol. The third kappa shape index (κ3) is 5.28. The topological polar surface area (TPSA) is 86.1 Å². The fourth-order valence-corrected chi connectivity index (χ4v) is 3.48. The van der Waals surface area contributed by atoms with E-state index in [-0.39, 0.29) is 5.75 Å². The second-order valence-corrected chi connectivity index (χ2v) is 7.49. The van der Waals surface area contributed by atoms with Crippen LogP contribution in [0.3, 0.4) is 0 Å². The summed E-state index contributed by atoms with van der Waals surface area (Å²) in [5.74, 6) is 0.382. The van der Waals surface area contributed by atoms with Gasteiger partial charge in [0.1, 0.15) is 5.75 Å². The number of nitrogens with one attached hydrogen (secondary N) is 1. The van der Waals surface area contributed by atoms with E-state index >= 15 is 0 Å². The highest BCUT2D eigenvalue weighted by Crippen LogP contribution is 2.25. The number of thioether (sulfide) groups is 1. The first kappa shape index (κ1) is 21.6. The number of allylic oxidation sites excluding steroid dienone is 1. The van der Waals surface area contributed by atoms with Gasteiger partial charge in [-0.1, -0.05) is 29.4 Å². The van der Waals surface area contributed by atoms with Gasteiger partial charge in [-0.3, -0.25) is 19.5 Å². The van der Waals surface area contributed by atoms with Gasteiger partial charge in [0.2, 0.25) is 5.91 Å². The number of rotatable bonds is 8. The Balaban J connectivity index is 1.65. The Hall–Kier alpha value is -3.10. The largest absolute Gasteiger partial charge is 0.497 e. The summed E-state index contributed by atoms with van der Waals surface area (Å²) < 4.78 is 6.90. The van der Waals surface area contributed by atoms with Crippen LogP contribution in [0.2, 0.25) is 5.02 Å². The van der Waals surface area contributed by atoms with E-state index < -0.39 is 11.8 Å². The number of carbonyl (C=O) groups is 2. The minimum Gasteiger partial charge on any atom is -0.497 e. The predicted molar refractivity (Wildman–Crippen MR) is 117 cm³/mol. The number of carbonyl (C=O) groups excluding carboxylic acids is 2. The maximum atomic E-state index is 12.2. The Morgan fingerprint density at radius 1 is 1.17 bits per heavy atom. The van der Waals surface area contributed by atoms with Crippen LogP contribution in [0.5, 0.6) is 5.75 Å². The van der Waals surface area contributed by atoms with E-state index in [9.17, 15) is 9.59 Å². The number of halogens is 1. The average Bonchev–Trinajstić information content (AvgIpc) is 3.15. The van der Waals surface area contributed by atoms with Crippen molar-refractivity contribution in [3.05, 3.63) is 71.8 Å². The van der Waals surface area contributed by atoms with Crippen molar-refractivity contribution in [2.24, 2.45) is 0 Å². The number of hydrogen-bond acceptors (Lipinski definition) is 6. The summed E-state index contributed by atoms with van der Waals surface area (Å²) in [6.07, 6.45) is 1.72. The molecule has 7 nitrogen and oxygen atoms in total. The highest BCUT2D eigenvalue weighted by Gasteiger charge is 2.16. The molecule has 0 aliphatic carbocycles. The molecular formula is C21H19ClN4O3S. The van der Waals surface area contributed by atoms with Gasteiger partial charge in [0.15, 0.2) is 11.0 Å². The quantitative estimate of drug-likeness (QED) is 0.421. The van der Waals surface area contributed by atoms with Crippen molar-refractivity contribution in [1.82, 2.24) is 20.1 Å².